The molecule has 0 N–H and O–H groups in total. The summed E-state index contributed by atoms with van der Waals surface area (Å²) in [4.78, 5) is 13.9. The number of halogens is 1. The lowest BCUT2D eigenvalue weighted by Gasteiger charge is -2.16. The fraction of sp³-hybridized carbons (Fsp3) is 0.500. The topological polar surface area (TPSA) is 29.5 Å². The van der Waals surface area contributed by atoms with E-state index in [4.69, 9.17) is 16.3 Å². The number of benzene rings is 1. The lowest BCUT2D eigenvalue weighted by molar-refractivity contribution is -0.146. The second-order valence-electron chi connectivity index (χ2n) is 4.94. The molecule has 0 bridgehead atoms. The van der Waals surface area contributed by atoms with E-state index in [1.54, 1.807) is 0 Å². The molecular weight excluding hydrogens is 250 g/mol. The Hall–Kier alpha value is -1.06. The van der Waals surface area contributed by atoms with Gasteiger partial charge in [0.05, 0.1) is 13.0 Å². The fourth-order valence-corrected chi connectivity index (χ4v) is 2.76. The molecule has 1 aliphatic heterocycles. The highest BCUT2D eigenvalue weighted by molar-refractivity contribution is 6.30. The van der Waals surface area contributed by atoms with E-state index >= 15 is 0 Å². The fourth-order valence-electron chi connectivity index (χ4n) is 2.64. The number of likely N-dealkylation sites (tertiary alicyclic amines) is 1. The molecular formula is C14H18ClNO2. The highest BCUT2D eigenvalue weighted by Gasteiger charge is 2.36. The third kappa shape index (κ3) is 3.03. The maximum Gasteiger partial charge on any atom is 0.310 e. The Bertz CT molecular complexity index is 418. The summed E-state index contributed by atoms with van der Waals surface area (Å²) in [5.41, 5.74) is 1.22. The monoisotopic (exact) mass is 267 g/mol. The van der Waals surface area contributed by atoms with Gasteiger partial charge in [0.2, 0.25) is 0 Å². The van der Waals surface area contributed by atoms with Crippen molar-refractivity contribution in [3.63, 3.8) is 0 Å². The first-order valence-corrected chi connectivity index (χ1v) is 6.48. The molecule has 98 valence electrons. The highest BCUT2D eigenvalue weighted by atomic mass is 35.5. The van der Waals surface area contributed by atoms with Crippen molar-refractivity contribution in [3.05, 3.63) is 34.9 Å². The quantitative estimate of drug-likeness (QED) is 0.787. The van der Waals surface area contributed by atoms with Crippen LogP contribution in [-0.4, -0.2) is 38.1 Å². The molecule has 1 aromatic rings. The molecule has 0 aromatic heterocycles. The predicted molar refractivity (Wildman–Crippen MR) is 71.6 cm³/mol. The van der Waals surface area contributed by atoms with Crippen LogP contribution in [0.4, 0.5) is 0 Å². The van der Waals surface area contributed by atoms with E-state index in [2.05, 4.69) is 4.90 Å². The lowest BCUT2D eigenvalue weighted by Crippen LogP contribution is -2.25. The minimum Gasteiger partial charge on any atom is -0.469 e. The summed E-state index contributed by atoms with van der Waals surface area (Å²) in [6.07, 6.45) is 0.890. The summed E-state index contributed by atoms with van der Waals surface area (Å²) in [6, 6.07) is 7.83. The van der Waals surface area contributed by atoms with Crippen molar-refractivity contribution in [1.29, 1.82) is 0 Å². The Balaban J connectivity index is 2.07. The molecule has 1 aromatic carbocycles. The second-order valence-corrected chi connectivity index (χ2v) is 5.38. The Morgan fingerprint density at radius 1 is 1.39 bits per heavy atom. The van der Waals surface area contributed by atoms with Gasteiger partial charge < -0.3 is 9.64 Å². The molecule has 18 heavy (non-hydrogen) atoms. The zero-order chi connectivity index (χ0) is 13.1. The van der Waals surface area contributed by atoms with Crippen LogP contribution < -0.4 is 0 Å². The van der Waals surface area contributed by atoms with Crippen LogP contribution in [0.5, 0.6) is 0 Å². The minimum atomic E-state index is -0.0988. The number of rotatable bonds is 3. The minimum absolute atomic E-state index is 0.0179. The van der Waals surface area contributed by atoms with E-state index in [0.717, 1.165) is 24.5 Å². The van der Waals surface area contributed by atoms with Crippen molar-refractivity contribution in [2.75, 3.05) is 27.2 Å². The van der Waals surface area contributed by atoms with E-state index in [0.29, 0.717) is 5.92 Å². The van der Waals surface area contributed by atoms with Crippen LogP contribution in [0.15, 0.2) is 24.3 Å². The van der Waals surface area contributed by atoms with Crippen molar-refractivity contribution in [3.8, 4) is 0 Å². The maximum absolute atomic E-state index is 11.7. The molecule has 0 spiro atoms. The number of carbonyl (C=O) groups excluding carboxylic acids is 1. The zero-order valence-corrected chi connectivity index (χ0v) is 11.5. The van der Waals surface area contributed by atoms with Crippen molar-refractivity contribution >= 4 is 17.6 Å². The van der Waals surface area contributed by atoms with Gasteiger partial charge in [-0.25, -0.2) is 0 Å². The highest BCUT2D eigenvalue weighted by Crippen LogP contribution is 2.27. The van der Waals surface area contributed by atoms with E-state index in [9.17, 15) is 4.79 Å². The van der Waals surface area contributed by atoms with Gasteiger partial charge in [0, 0.05) is 18.1 Å². The predicted octanol–water partition coefficient (Wildman–Crippen LogP) is 2.23. The summed E-state index contributed by atoms with van der Waals surface area (Å²) >= 11 is 5.87. The smallest absolute Gasteiger partial charge is 0.310 e. The molecule has 1 heterocycles. The molecule has 2 rings (SSSR count). The van der Waals surface area contributed by atoms with Crippen LogP contribution in [0.2, 0.25) is 5.02 Å². The zero-order valence-electron chi connectivity index (χ0n) is 10.7. The van der Waals surface area contributed by atoms with Crippen molar-refractivity contribution in [2.24, 2.45) is 11.8 Å². The summed E-state index contributed by atoms with van der Waals surface area (Å²) in [5, 5.41) is 0.742. The number of hydrogen-bond donors (Lipinski definition) is 0. The molecule has 1 fully saturated rings. The SMILES string of the molecule is COC(=O)C1CN(C)CC1Cc1ccc(Cl)cc1. The first-order chi connectivity index (χ1) is 8.60. The number of hydrogen-bond acceptors (Lipinski definition) is 3. The van der Waals surface area contributed by atoms with Crippen molar-refractivity contribution < 1.29 is 9.53 Å². The Morgan fingerprint density at radius 3 is 2.67 bits per heavy atom. The average Bonchev–Trinajstić information content (AvgIpc) is 2.72. The molecule has 2 atom stereocenters. The lowest BCUT2D eigenvalue weighted by atomic mass is 9.90. The van der Waals surface area contributed by atoms with Crippen LogP contribution in [0, 0.1) is 11.8 Å². The molecule has 4 heteroatoms. The molecule has 1 aliphatic rings. The van der Waals surface area contributed by atoms with Gasteiger partial charge in [-0.3, -0.25) is 4.79 Å². The summed E-state index contributed by atoms with van der Waals surface area (Å²) in [5.74, 6) is 0.206. The Labute approximate surface area is 113 Å². The summed E-state index contributed by atoms with van der Waals surface area (Å²) in [6.45, 7) is 1.72. The van der Waals surface area contributed by atoms with Gasteiger partial charge >= 0.3 is 5.97 Å². The summed E-state index contributed by atoms with van der Waals surface area (Å²) in [7, 11) is 3.50. The van der Waals surface area contributed by atoms with Crippen molar-refractivity contribution in [1.82, 2.24) is 4.90 Å². The van der Waals surface area contributed by atoms with Gasteiger partial charge in [-0.15, -0.1) is 0 Å². The first-order valence-electron chi connectivity index (χ1n) is 6.11. The normalized spacial score (nSPS) is 24.2. The standard InChI is InChI=1S/C14H18ClNO2/c1-16-8-11(13(9-16)14(17)18-2)7-10-3-5-12(15)6-4-10/h3-6,11,13H,7-9H2,1-2H3. The van der Waals surface area contributed by atoms with E-state index in [1.807, 2.05) is 31.3 Å². The number of nitrogens with zero attached hydrogens (tertiary/aromatic N) is 1. The Kier molecular flexibility index (Phi) is 4.25. The summed E-state index contributed by atoms with van der Waals surface area (Å²) < 4.78 is 4.88. The molecule has 0 aliphatic carbocycles. The van der Waals surface area contributed by atoms with E-state index in [1.165, 1.54) is 12.7 Å². The van der Waals surface area contributed by atoms with Crippen LogP contribution >= 0.6 is 11.6 Å². The molecule has 3 nitrogen and oxygen atoms in total. The Morgan fingerprint density at radius 2 is 2.06 bits per heavy atom. The molecule has 0 saturated carbocycles. The molecule has 0 radical (unpaired) electrons. The largest absolute Gasteiger partial charge is 0.469 e. The number of ether oxygens (including phenoxy) is 1. The second kappa shape index (κ2) is 5.72. The first kappa shape index (κ1) is 13.4. The van der Waals surface area contributed by atoms with Crippen LogP contribution in [0.25, 0.3) is 0 Å². The molecule has 2 unspecified atom stereocenters. The van der Waals surface area contributed by atoms with Gasteiger partial charge in [-0.2, -0.15) is 0 Å². The maximum atomic E-state index is 11.7. The molecule has 1 saturated heterocycles. The van der Waals surface area contributed by atoms with Gasteiger partial charge in [-0.05, 0) is 37.1 Å². The van der Waals surface area contributed by atoms with Crippen LogP contribution in [-0.2, 0) is 16.0 Å². The van der Waals surface area contributed by atoms with Gasteiger partial charge in [-0.1, -0.05) is 23.7 Å². The van der Waals surface area contributed by atoms with E-state index < -0.39 is 0 Å². The van der Waals surface area contributed by atoms with Gasteiger partial charge in [0.25, 0.3) is 0 Å². The van der Waals surface area contributed by atoms with Gasteiger partial charge in [0.15, 0.2) is 0 Å². The third-order valence-electron chi connectivity index (χ3n) is 3.54. The number of esters is 1. The van der Waals surface area contributed by atoms with Crippen molar-refractivity contribution in [2.45, 2.75) is 6.42 Å². The number of carbonyl (C=O) groups is 1. The van der Waals surface area contributed by atoms with E-state index in [-0.39, 0.29) is 11.9 Å². The third-order valence-corrected chi connectivity index (χ3v) is 3.79. The average molecular weight is 268 g/mol. The van der Waals surface area contributed by atoms with Crippen LogP contribution in [0.3, 0.4) is 0 Å². The number of methoxy groups -OCH3 is 1. The molecule has 0 amide bonds. The van der Waals surface area contributed by atoms with Gasteiger partial charge in [0.1, 0.15) is 0 Å². The van der Waals surface area contributed by atoms with Crippen LogP contribution in [0.1, 0.15) is 5.56 Å².